The molecule has 0 saturated heterocycles. The molecule has 3 heteroatoms. The Morgan fingerprint density at radius 3 is 2.50 bits per heavy atom. The van der Waals surface area contributed by atoms with E-state index in [9.17, 15) is 0 Å². The van der Waals surface area contributed by atoms with Gasteiger partial charge in [0.2, 0.25) is 0 Å². The third-order valence-corrected chi connectivity index (χ3v) is 3.05. The van der Waals surface area contributed by atoms with Gasteiger partial charge in [-0.05, 0) is 17.7 Å². The number of rotatable bonds is 2. The predicted octanol–water partition coefficient (Wildman–Crippen LogP) is 3.47. The van der Waals surface area contributed by atoms with Crippen LogP contribution in [0, 0.1) is 0 Å². The van der Waals surface area contributed by atoms with E-state index in [1.54, 1.807) is 6.20 Å². The second-order valence-electron chi connectivity index (χ2n) is 3.72. The summed E-state index contributed by atoms with van der Waals surface area (Å²) in [4.78, 5) is 4.09. The van der Waals surface area contributed by atoms with E-state index in [0.717, 1.165) is 16.1 Å². The van der Waals surface area contributed by atoms with Gasteiger partial charge in [-0.3, -0.25) is 0 Å². The van der Waals surface area contributed by atoms with Crippen LogP contribution >= 0.6 is 11.6 Å². The van der Waals surface area contributed by atoms with Crippen LogP contribution in [-0.4, -0.2) is 4.98 Å². The van der Waals surface area contributed by atoms with Gasteiger partial charge in [0.25, 0.3) is 0 Å². The summed E-state index contributed by atoms with van der Waals surface area (Å²) in [5, 5.41) is 0.762. The van der Waals surface area contributed by atoms with Gasteiger partial charge in [-0.2, -0.15) is 0 Å². The Morgan fingerprint density at radius 2 is 1.81 bits per heavy atom. The second-order valence-corrected chi connectivity index (χ2v) is 4.13. The minimum absolute atomic E-state index is 0.155. The van der Waals surface area contributed by atoms with Crippen molar-refractivity contribution >= 4 is 17.4 Å². The predicted molar refractivity (Wildman–Crippen MR) is 67.6 cm³/mol. The lowest BCUT2D eigenvalue weighted by Crippen LogP contribution is -2.03. The Hall–Kier alpha value is -1.54. The Kier molecular flexibility index (Phi) is 3.11. The molecule has 0 aliphatic rings. The van der Waals surface area contributed by atoms with Crippen molar-refractivity contribution in [1.29, 1.82) is 0 Å². The number of hydrogen-bond acceptors (Lipinski definition) is 2. The normalized spacial score (nSPS) is 12.4. The largest absolute Gasteiger partial charge is 0.383 e. The topological polar surface area (TPSA) is 38.9 Å². The van der Waals surface area contributed by atoms with E-state index in [0.29, 0.717) is 5.82 Å². The average Bonchev–Trinajstić information content (AvgIpc) is 2.29. The maximum atomic E-state index is 6.16. The molecule has 2 N–H and O–H groups in total. The van der Waals surface area contributed by atoms with Crippen LogP contribution in [0.15, 0.2) is 42.6 Å². The van der Waals surface area contributed by atoms with Gasteiger partial charge < -0.3 is 5.73 Å². The molecule has 2 nitrogen and oxygen atoms in total. The number of hydrogen-bond donors (Lipinski definition) is 1. The van der Waals surface area contributed by atoms with Gasteiger partial charge in [-0.1, -0.05) is 42.8 Å². The number of pyridine rings is 1. The summed E-state index contributed by atoms with van der Waals surface area (Å²) in [6.07, 6.45) is 1.69. The molecule has 1 atom stereocenters. The van der Waals surface area contributed by atoms with E-state index in [-0.39, 0.29) is 5.92 Å². The van der Waals surface area contributed by atoms with Crippen molar-refractivity contribution in [2.45, 2.75) is 12.8 Å². The maximum Gasteiger partial charge on any atom is 0.127 e. The molecule has 0 aliphatic heterocycles. The number of anilines is 1. The smallest absolute Gasteiger partial charge is 0.127 e. The molecule has 0 spiro atoms. The molecule has 0 fully saturated rings. The van der Waals surface area contributed by atoms with E-state index in [1.807, 2.05) is 36.4 Å². The highest BCUT2D eigenvalue weighted by molar-refractivity contribution is 6.31. The first-order chi connectivity index (χ1) is 7.70. The minimum Gasteiger partial charge on any atom is -0.383 e. The molecule has 1 aromatic carbocycles. The standard InChI is InChI=1S/C13H13ClN2/c1-9(10-5-2-3-7-12(10)14)11-6-4-8-16-13(11)15/h2-9H,1H3,(H2,15,16). The summed E-state index contributed by atoms with van der Waals surface area (Å²) < 4.78 is 0. The quantitative estimate of drug-likeness (QED) is 0.861. The fourth-order valence-electron chi connectivity index (χ4n) is 1.79. The average molecular weight is 233 g/mol. The molecule has 82 valence electrons. The third-order valence-electron chi connectivity index (χ3n) is 2.71. The first kappa shape index (κ1) is 11.0. The highest BCUT2D eigenvalue weighted by atomic mass is 35.5. The van der Waals surface area contributed by atoms with Gasteiger partial charge in [0.1, 0.15) is 5.82 Å². The molecule has 0 amide bonds. The number of benzene rings is 1. The van der Waals surface area contributed by atoms with E-state index in [2.05, 4.69) is 11.9 Å². The number of nitrogens with two attached hydrogens (primary N) is 1. The van der Waals surface area contributed by atoms with Crippen molar-refractivity contribution in [1.82, 2.24) is 4.98 Å². The lowest BCUT2D eigenvalue weighted by atomic mass is 9.93. The Bertz CT molecular complexity index is 451. The first-order valence-corrected chi connectivity index (χ1v) is 5.52. The van der Waals surface area contributed by atoms with E-state index < -0.39 is 0 Å². The van der Waals surface area contributed by atoms with Crippen LogP contribution in [0.3, 0.4) is 0 Å². The summed E-state index contributed by atoms with van der Waals surface area (Å²) >= 11 is 6.16. The minimum atomic E-state index is 0.155. The van der Waals surface area contributed by atoms with Crippen LogP contribution in [-0.2, 0) is 0 Å². The van der Waals surface area contributed by atoms with E-state index in [4.69, 9.17) is 17.3 Å². The first-order valence-electron chi connectivity index (χ1n) is 5.15. The van der Waals surface area contributed by atoms with E-state index >= 15 is 0 Å². The Balaban J connectivity index is 2.44. The summed E-state index contributed by atoms with van der Waals surface area (Å²) in [7, 11) is 0. The Labute approximate surface area is 100 Å². The molecule has 0 aliphatic carbocycles. The molecular weight excluding hydrogens is 220 g/mol. The van der Waals surface area contributed by atoms with Crippen LogP contribution in [0.25, 0.3) is 0 Å². The lowest BCUT2D eigenvalue weighted by Gasteiger charge is -2.15. The van der Waals surface area contributed by atoms with Crippen molar-refractivity contribution in [3.63, 3.8) is 0 Å². The van der Waals surface area contributed by atoms with Crippen molar-refractivity contribution < 1.29 is 0 Å². The molecule has 2 rings (SSSR count). The summed E-state index contributed by atoms with van der Waals surface area (Å²) in [6, 6.07) is 11.7. The molecule has 1 heterocycles. The number of nitrogens with zero attached hydrogens (tertiary/aromatic N) is 1. The van der Waals surface area contributed by atoms with Gasteiger partial charge in [-0.15, -0.1) is 0 Å². The summed E-state index contributed by atoms with van der Waals surface area (Å²) in [6.45, 7) is 2.08. The fraction of sp³-hybridized carbons (Fsp3) is 0.154. The maximum absolute atomic E-state index is 6.16. The van der Waals surface area contributed by atoms with Crippen molar-refractivity contribution in [3.8, 4) is 0 Å². The number of halogens is 1. The highest BCUT2D eigenvalue weighted by Gasteiger charge is 2.14. The van der Waals surface area contributed by atoms with Gasteiger partial charge >= 0.3 is 0 Å². The molecule has 16 heavy (non-hydrogen) atoms. The van der Waals surface area contributed by atoms with Gasteiger partial charge in [0.05, 0.1) is 0 Å². The zero-order valence-electron chi connectivity index (χ0n) is 9.02. The molecule has 0 saturated carbocycles. The number of aromatic nitrogens is 1. The molecule has 1 unspecified atom stereocenters. The fourth-order valence-corrected chi connectivity index (χ4v) is 2.09. The zero-order chi connectivity index (χ0) is 11.5. The molecule has 0 bridgehead atoms. The number of nitrogen functional groups attached to an aromatic ring is 1. The molecular formula is C13H13ClN2. The highest BCUT2D eigenvalue weighted by Crippen LogP contribution is 2.31. The van der Waals surface area contributed by atoms with Crippen LogP contribution in [0.2, 0.25) is 5.02 Å². The van der Waals surface area contributed by atoms with Crippen molar-refractivity contribution in [3.05, 3.63) is 58.7 Å². The second kappa shape index (κ2) is 4.54. The Morgan fingerprint density at radius 1 is 1.12 bits per heavy atom. The van der Waals surface area contributed by atoms with Gasteiger partial charge in [0, 0.05) is 22.7 Å². The van der Waals surface area contributed by atoms with Crippen LogP contribution in [0.1, 0.15) is 24.0 Å². The van der Waals surface area contributed by atoms with Crippen molar-refractivity contribution in [2.75, 3.05) is 5.73 Å². The van der Waals surface area contributed by atoms with Crippen LogP contribution < -0.4 is 5.73 Å². The van der Waals surface area contributed by atoms with Crippen LogP contribution in [0.4, 0.5) is 5.82 Å². The van der Waals surface area contributed by atoms with Crippen LogP contribution in [0.5, 0.6) is 0 Å². The molecule has 1 aromatic heterocycles. The lowest BCUT2D eigenvalue weighted by molar-refractivity contribution is 0.917. The SMILES string of the molecule is CC(c1ccccc1Cl)c1cccnc1N. The third kappa shape index (κ3) is 2.02. The molecule has 2 aromatic rings. The van der Waals surface area contributed by atoms with Crippen molar-refractivity contribution in [2.24, 2.45) is 0 Å². The van der Waals surface area contributed by atoms with E-state index in [1.165, 1.54) is 0 Å². The monoisotopic (exact) mass is 232 g/mol. The summed E-state index contributed by atoms with van der Waals surface area (Å²) in [5.74, 6) is 0.720. The summed E-state index contributed by atoms with van der Waals surface area (Å²) in [5.41, 5.74) is 7.94. The zero-order valence-corrected chi connectivity index (χ0v) is 9.78. The van der Waals surface area contributed by atoms with Gasteiger partial charge in [0.15, 0.2) is 0 Å². The molecule has 0 radical (unpaired) electrons. The van der Waals surface area contributed by atoms with Gasteiger partial charge in [-0.25, -0.2) is 4.98 Å².